The van der Waals surface area contributed by atoms with E-state index in [-0.39, 0.29) is 0 Å². The first-order valence-electron chi connectivity index (χ1n) is 5.61. The first-order valence-corrected chi connectivity index (χ1v) is 8.03. The molecular weight excluding hydrogens is 314 g/mol. The van der Waals surface area contributed by atoms with Gasteiger partial charge in [-0.3, -0.25) is 0 Å². The molecule has 0 aromatic carbocycles. The zero-order valence-corrected chi connectivity index (χ0v) is 13.4. The van der Waals surface area contributed by atoms with Crippen LogP contribution in [0.1, 0.15) is 33.2 Å². The molecule has 1 unspecified atom stereocenters. The number of hydrogen-bond acceptors (Lipinski definition) is 3. The Kier molecular flexibility index (Phi) is 4.42. The first kappa shape index (κ1) is 13.3. The SMILES string of the molecule is Cc1cc(C(C)NCc2ccc(Br)s2)c(C)s1. The monoisotopic (exact) mass is 329 g/mol. The number of aryl methyl sites for hydroxylation is 2. The van der Waals surface area contributed by atoms with Crippen molar-refractivity contribution in [2.75, 3.05) is 0 Å². The Morgan fingerprint density at radius 2 is 2.06 bits per heavy atom. The summed E-state index contributed by atoms with van der Waals surface area (Å²) in [5.74, 6) is 0. The summed E-state index contributed by atoms with van der Waals surface area (Å²) in [6, 6.07) is 6.98. The van der Waals surface area contributed by atoms with Crippen molar-refractivity contribution in [1.29, 1.82) is 0 Å². The second-order valence-electron chi connectivity index (χ2n) is 4.18. The molecule has 1 N–H and O–H groups in total. The minimum Gasteiger partial charge on any atom is -0.305 e. The molecule has 0 aliphatic heterocycles. The second kappa shape index (κ2) is 5.65. The fraction of sp³-hybridized carbons (Fsp3) is 0.385. The van der Waals surface area contributed by atoms with Crippen LogP contribution in [0.4, 0.5) is 0 Å². The third kappa shape index (κ3) is 3.41. The molecule has 0 aliphatic rings. The third-order valence-corrected chi connectivity index (χ3v) is 5.36. The minimum absolute atomic E-state index is 0.417. The lowest BCUT2D eigenvalue weighted by Gasteiger charge is -2.12. The molecule has 1 atom stereocenters. The fourth-order valence-electron chi connectivity index (χ4n) is 1.89. The van der Waals surface area contributed by atoms with Gasteiger partial charge in [0.2, 0.25) is 0 Å². The molecule has 0 bridgehead atoms. The summed E-state index contributed by atoms with van der Waals surface area (Å²) < 4.78 is 1.20. The van der Waals surface area contributed by atoms with Gasteiger partial charge >= 0.3 is 0 Å². The third-order valence-electron chi connectivity index (χ3n) is 2.76. The Bertz CT molecular complexity index is 501. The van der Waals surface area contributed by atoms with Crippen molar-refractivity contribution in [3.8, 4) is 0 Å². The molecule has 2 rings (SSSR count). The minimum atomic E-state index is 0.417. The van der Waals surface area contributed by atoms with Gasteiger partial charge in [-0.05, 0) is 60.5 Å². The van der Waals surface area contributed by atoms with E-state index >= 15 is 0 Å². The van der Waals surface area contributed by atoms with Crippen molar-refractivity contribution >= 4 is 38.6 Å². The van der Waals surface area contributed by atoms with Gasteiger partial charge in [0.15, 0.2) is 0 Å². The average molecular weight is 330 g/mol. The van der Waals surface area contributed by atoms with Gasteiger partial charge in [0.1, 0.15) is 0 Å². The Morgan fingerprint density at radius 1 is 1.29 bits per heavy atom. The van der Waals surface area contributed by atoms with E-state index in [9.17, 15) is 0 Å². The zero-order chi connectivity index (χ0) is 12.4. The summed E-state index contributed by atoms with van der Waals surface area (Å²) in [4.78, 5) is 4.19. The topological polar surface area (TPSA) is 12.0 Å². The van der Waals surface area contributed by atoms with Gasteiger partial charge in [-0.15, -0.1) is 22.7 Å². The number of halogens is 1. The van der Waals surface area contributed by atoms with Crippen LogP contribution >= 0.6 is 38.6 Å². The molecule has 0 spiro atoms. The van der Waals surface area contributed by atoms with E-state index in [1.54, 1.807) is 11.3 Å². The maximum absolute atomic E-state index is 3.58. The van der Waals surface area contributed by atoms with Crippen molar-refractivity contribution in [1.82, 2.24) is 5.32 Å². The van der Waals surface area contributed by atoms with Crippen molar-refractivity contribution < 1.29 is 0 Å². The van der Waals surface area contributed by atoms with Gasteiger partial charge in [-0.1, -0.05) is 0 Å². The van der Waals surface area contributed by atoms with Crippen molar-refractivity contribution in [2.45, 2.75) is 33.4 Å². The summed E-state index contributed by atoms with van der Waals surface area (Å²) in [5.41, 5.74) is 1.43. The lowest BCUT2D eigenvalue weighted by molar-refractivity contribution is 0.578. The quantitative estimate of drug-likeness (QED) is 0.828. The Balaban J connectivity index is 1.97. The molecule has 0 radical (unpaired) electrons. The lowest BCUT2D eigenvalue weighted by Crippen LogP contribution is -2.17. The smallest absolute Gasteiger partial charge is 0.0701 e. The summed E-state index contributed by atoms with van der Waals surface area (Å²) in [6.45, 7) is 7.54. The highest BCUT2D eigenvalue weighted by molar-refractivity contribution is 9.11. The molecule has 4 heteroatoms. The standard InChI is InChI=1S/C13H16BrNS2/c1-8-6-12(10(3)16-8)9(2)15-7-11-4-5-13(14)17-11/h4-6,9,15H,7H2,1-3H3. The van der Waals surface area contributed by atoms with Crippen molar-refractivity contribution in [2.24, 2.45) is 0 Å². The van der Waals surface area contributed by atoms with E-state index in [2.05, 4.69) is 60.2 Å². The van der Waals surface area contributed by atoms with E-state index < -0.39 is 0 Å². The van der Waals surface area contributed by atoms with Crippen LogP contribution in [0, 0.1) is 13.8 Å². The number of rotatable bonds is 4. The van der Waals surface area contributed by atoms with Crippen LogP contribution in [0.25, 0.3) is 0 Å². The molecule has 2 aromatic rings. The normalized spacial score (nSPS) is 12.9. The summed E-state index contributed by atoms with van der Waals surface area (Å²) in [6.07, 6.45) is 0. The largest absolute Gasteiger partial charge is 0.305 e. The second-order valence-corrected chi connectivity index (χ2v) is 8.18. The average Bonchev–Trinajstić information content (AvgIpc) is 2.81. The van der Waals surface area contributed by atoms with Gasteiger partial charge < -0.3 is 5.32 Å². The van der Waals surface area contributed by atoms with Crippen molar-refractivity contribution in [3.05, 3.63) is 42.2 Å². The summed E-state index contributed by atoms with van der Waals surface area (Å²) >= 11 is 7.16. The Labute approximate surface area is 119 Å². The molecule has 0 aliphatic carbocycles. The Hall–Kier alpha value is -0.160. The summed E-state index contributed by atoms with van der Waals surface area (Å²) in [5, 5.41) is 3.58. The molecule has 2 aromatic heterocycles. The van der Waals surface area contributed by atoms with E-state index in [0.29, 0.717) is 6.04 Å². The highest BCUT2D eigenvalue weighted by Crippen LogP contribution is 2.27. The summed E-state index contributed by atoms with van der Waals surface area (Å²) in [7, 11) is 0. The van der Waals surface area contributed by atoms with E-state index in [1.165, 1.54) is 24.0 Å². The van der Waals surface area contributed by atoms with E-state index in [0.717, 1.165) is 6.54 Å². The molecule has 17 heavy (non-hydrogen) atoms. The molecule has 0 saturated carbocycles. The molecular formula is C13H16BrNS2. The van der Waals surface area contributed by atoms with Crippen LogP contribution in [0.5, 0.6) is 0 Å². The first-order chi connectivity index (χ1) is 8.06. The van der Waals surface area contributed by atoms with Gasteiger partial charge in [0.25, 0.3) is 0 Å². The molecule has 0 saturated heterocycles. The maximum atomic E-state index is 3.58. The predicted octanol–water partition coefficient (Wildman–Crippen LogP) is 5.04. The highest BCUT2D eigenvalue weighted by atomic mass is 79.9. The molecule has 0 amide bonds. The number of thiophene rings is 2. The van der Waals surface area contributed by atoms with Gasteiger partial charge in [-0.2, -0.15) is 0 Å². The predicted molar refractivity (Wildman–Crippen MR) is 81.1 cm³/mol. The van der Waals surface area contributed by atoms with Gasteiger partial charge in [0, 0.05) is 27.2 Å². The molecule has 92 valence electrons. The highest BCUT2D eigenvalue weighted by Gasteiger charge is 2.10. The van der Waals surface area contributed by atoms with Crippen molar-refractivity contribution in [3.63, 3.8) is 0 Å². The lowest BCUT2D eigenvalue weighted by atomic mass is 10.1. The molecule has 2 heterocycles. The van der Waals surface area contributed by atoms with Crippen LogP contribution in [-0.2, 0) is 6.54 Å². The molecule has 0 fully saturated rings. The Morgan fingerprint density at radius 3 is 2.59 bits per heavy atom. The van der Waals surface area contributed by atoms with E-state index in [1.807, 2.05) is 11.3 Å². The van der Waals surface area contributed by atoms with Crippen LogP contribution in [-0.4, -0.2) is 0 Å². The zero-order valence-electron chi connectivity index (χ0n) is 10.2. The number of hydrogen-bond donors (Lipinski definition) is 1. The van der Waals surface area contributed by atoms with Crippen LogP contribution in [0.3, 0.4) is 0 Å². The van der Waals surface area contributed by atoms with E-state index in [4.69, 9.17) is 0 Å². The molecule has 1 nitrogen and oxygen atoms in total. The van der Waals surface area contributed by atoms with Crippen LogP contribution < -0.4 is 5.32 Å². The fourth-order valence-corrected chi connectivity index (χ4v) is 4.35. The number of nitrogens with one attached hydrogen (secondary N) is 1. The van der Waals surface area contributed by atoms with Crippen LogP contribution in [0.15, 0.2) is 22.0 Å². The van der Waals surface area contributed by atoms with Crippen LogP contribution in [0.2, 0.25) is 0 Å². The van der Waals surface area contributed by atoms with Gasteiger partial charge in [0.05, 0.1) is 3.79 Å². The maximum Gasteiger partial charge on any atom is 0.0701 e. The van der Waals surface area contributed by atoms with Gasteiger partial charge in [-0.25, -0.2) is 0 Å².